The molecule has 4 nitrogen and oxygen atoms in total. The van der Waals surface area contributed by atoms with Crippen LogP contribution in [-0.4, -0.2) is 14.2 Å². The molecule has 2 heterocycles. The summed E-state index contributed by atoms with van der Waals surface area (Å²) in [6.07, 6.45) is 0. The van der Waals surface area contributed by atoms with Crippen LogP contribution in [0.4, 0.5) is 0 Å². The number of aromatic nitrogens is 3. The number of rotatable bonds is 2. The molecule has 0 fully saturated rings. The second-order valence-electron chi connectivity index (χ2n) is 6.03. The van der Waals surface area contributed by atoms with E-state index in [1.807, 2.05) is 60.7 Å². The average molecular weight is 338 g/mol. The van der Waals surface area contributed by atoms with Gasteiger partial charge in [-0.3, -0.25) is 9.20 Å². The standard InChI is InChI=1S/C19H16ClN3O/c1-12-7-8-17-15(9-12)10-18-19(24)22(21-13(2)23(17)18)11-14-5-3-4-6-16(14)20/h3-10H,11H2,1-2H3. The Balaban J connectivity index is 1.96. The Morgan fingerprint density at radius 2 is 1.83 bits per heavy atom. The molecule has 0 spiro atoms. The molecule has 120 valence electrons. The van der Waals surface area contributed by atoms with Crippen molar-refractivity contribution in [3.63, 3.8) is 0 Å². The van der Waals surface area contributed by atoms with Crippen LogP contribution in [0.1, 0.15) is 17.0 Å². The third-order valence-electron chi connectivity index (χ3n) is 4.28. The van der Waals surface area contributed by atoms with Gasteiger partial charge in [-0.2, -0.15) is 5.10 Å². The fourth-order valence-electron chi connectivity index (χ4n) is 3.13. The van der Waals surface area contributed by atoms with Crippen LogP contribution in [0, 0.1) is 13.8 Å². The topological polar surface area (TPSA) is 39.3 Å². The molecule has 0 saturated heterocycles. The van der Waals surface area contributed by atoms with Gasteiger partial charge in [0.05, 0.1) is 12.1 Å². The summed E-state index contributed by atoms with van der Waals surface area (Å²) in [5, 5.41) is 6.18. The van der Waals surface area contributed by atoms with E-state index in [-0.39, 0.29) is 5.56 Å². The first-order chi connectivity index (χ1) is 11.5. The largest absolute Gasteiger partial charge is 0.291 e. The van der Waals surface area contributed by atoms with Crippen molar-refractivity contribution in [1.29, 1.82) is 0 Å². The summed E-state index contributed by atoms with van der Waals surface area (Å²) in [4.78, 5) is 12.9. The van der Waals surface area contributed by atoms with Gasteiger partial charge in [0.1, 0.15) is 11.3 Å². The number of benzene rings is 2. The average Bonchev–Trinajstić information content (AvgIpc) is 2.93. The number of nitrogens with zero attached hydrogens (tertiary/aromatic N) is 3. The first kappa shape index (κ1) is 15.0. The molecule has 4 rings (SSSR count). The first-order valence-electron chi connectivity index (χ1n) is 7.77. The van der Waals surface area contributed by atoms with Gasteiger partial charge in [-0.25, -0.2) is 4.68 Å². The summed E-state index contributed by atoms with van der Waals surface area (Å²) < 4.78 is 3.40. The molecule has 0 unspecified atom stereocenters. The van der Waals surface area contributed by atoms with E-state index in [9.17, 15) is 4.79 Å². The van der Waals surface area contributed by atoms with Crippen molar-refractivity contribution >= 4 is 28.0 Å². The highest BCUT2D eigenvalue weighted by Gasteiger charge is 2.13. The molecule has 4 aromatic rings. The SMILES string of the molecule is Cc1ccc2c(c1)cc1c(=O)n(Cc3ccccc3Cl)nc(C)n12. The van der Waals surface area contributed by atoms with Crippen molar-refractivity contribution in [1.82, 2.24) is 14.2 Å². The first-order valence-corrected chi connectivity index (χ1v) is 8.15. The van der Waals surface area contributed by atoms with Crippen molar-refractivity contribution in [2.24, 2.45) is 0 Å². The molecule has 0 aliphatic carbocycles. The summed E-state index contributed by atoms with van der Waals surface area (Å²) in [5.41, 5.74) is 3.57. The van der Waals surface area contributed by atoms with Gasteiger partial charge in [-0.05, 0) is 43.7 Å². The maximum Gasteiger partial charge on any atom is 0.291 e. The highest BCUT2D eigenvalue weighted by atomic mass is 35.5. The third-order valence-corrected chi connectivity index (χ3v) is 4.65. The highest BCUT2D eigenvalue weighted by molar-refractivity contribution is 6.31. The Kier molecular flexibility index (Phi) is 3.43. The van der Waals surface area contributed by atoms with E-state index in [2.05, 4.69) is 11.2 Å². The van der Waals surface area contributed by atoms with Crippen LogP contribution in [0.3, 0.4) is 0 Å². The van der Waals surface area contributed by atoms with E-state index in [1.165, 1.54) is 10.2 Å². The summed E-state index contributed by atoms with van der Waals surface area (Å²) >= 11 is 6.22. The van der Waals surface area contributed by atoms with Crippen molar-refractivity contribution < 1.29 is 0 Å². The lowest BCUT2D eigenvalue weighted by Gasteiger charge is -2.09. The van der Waals surface area contributed by atoms with Crippen LogP contribution in [0.25, 0.3) is 16.4 Å². The van der Waals surface area contributed by atoms with Gasteiger partial charge in [0, 0.05) is 10.4 Å². The Morgan fingerprint density at radius 3 is 2.62 bits per heavy atom. The Bertz CT molecular complexity index is 1140. The van der Waals surface area contributed by atoms with E-state index in [0.717, 1.165) is 22.3 Å². The van der Waals surface area contributed by atoms with Crippen LogP contribution >= 0.6 is 11.6 Å². The van der Waals surface area contributed by atoms with E-state index in [0.29, 0.717) is 17.1 Å². The lowest BCUT2D eigenvalue weighted by Crippen LogP contribution is -2.26. The second kappa shape index (κ2) is 5.49. The molecule has 5 heteroatoms. The Hall–Kier alpha value is -2.59. The van der Waals surface area contributed by atoms with E-state index in [4.69, 9.17) is 11.6 Å². The summed E-state index contributed by atoms with van der Waals surface area (Å²) in [6.45, 7) is 4.31. The molecule has 0 aliphatic heterocycles. The predicted molar refractivity (Wildman–Crippen MR) is 97.0 cm³/mol. The molecule has 2 aromatic heterocycles. The number of hydrogen-bond acceptors (Lipinski definition) is 2. The summed E-state index contributed by atoms with van der Waals surface area (Å²) in [7, 11) is 0. The molecular formula is C19H16ClN3O. The predicted octanol–water partition coefficient (Wildman–Crippen LogP) is 3.97. The monoisotopic (exact) mass is 337 g/mol. The Labute approximate surface area is 143 Å². The zero-order chi connectivity index (χ0) is 16.8. The van der Waals surface area contributed by atoms with E-state index in [1.54, 1.807) is 0 Å². The number of hydrogen-bond donors (Lipinski definition) is 0. The maximum absolute atomic E-state index is 12.9. The molecule has 0 atom stereocenters. The fraction of sp³-hybridized carbons (Fsp3) is 0.158. The van der Waals surface area contributed by atoms with Crippen LogP contribution in [0.5, 0.6) is 0 Å². The van der Waals surface area contributed by atoms with E-state index < -0.39 is 0 Å². The lowest BCUT2D eigenvalue weighted by atomic mass is 10.2. The summed E-state index contributed by atoms with van der Waals surface area (Å²) in [6, 6.07) is 15.6. The van der Waals surface area contributed by atoms with Gasteiger partial charge in [0.2, 0.25) is 0 Å². The Morgan fingerprint density at radius 1 is 1.04 bits per heavy atom. The van der Waals surface area contributed by atoms with Crippen LogP contribution < -0.4 is 5.56 Å². The molecule has 0 saturated carbocycles. The molecule has 0 amide bonds. The van der Waals surface area contributed by atoms with Crippen molar-refractivity contribution in [2.45, 2.75) is 20.4 Å². The quantitative estimate of drug-likeness (QED) is 0.555. The number of halogens is 1. The summed E-state index contributed by atoms with van der Waals surface area (Å²) in [5.74, 6) is 0.774. The second-order valence-corrected chi connectivity index (χ2v) is 6.44. The number of fused-ring (bicyclic) bond motifs is 3. The van der Waals surface area contributed by atoms with Crippen molar-refractivity contribution in [3.05, 3.63) is 80.9 Å². The van der Waals surface area contributed by atoms with Crippen LogP contribution in [-0.2, 0) is 6.54 Å². The van der Waals surface area contributed by atoms with Gasteiger partial charge >= 0.3 is 0 Å². The van der Waals surface area contributed by atoms with Crippen LogP contribution in [0.15, 0.2) is 53.3 Å². The van der Waals surface area contributed by atoms with Gasteiger partial charge in [0.25, 0.3) is 5.56 Å². The molecule has 0 aliphatic rings. The minimum atomic E-state index is -0.116. The van der Waals surface area contributed by atoms with Gasteiger partial charge < -0.3 is 0 Å². The smallest absolute Gasteiger partial charge is 0.291 e. The molecule has 0 radical (unpaired) electrons. The van der Waals surface area contributed by atoms with Crippen molar-refractivity contribution in [3.8, 4) is 0 Å². The molecule has 0 N–H and O–H groups in total. The minimum Gasteiger partial charge on any atom is -0.291 e. The van der Waals surface area contributed by atoms with Gasteiger partial charge in [0.15, 0.2) is 0 Å². The highest BCUT2D eigenvalue weighted by Crippen LogP contribution is 2.21. The number of aryl methyl sites for hydroxylation is 2. The minimum absolute atomic E-state index is 0.116. The van der Waals surface area contributed by atoms with Crippen molar-refractivity contribution in [2.75, 3.05) is 0 Å². The zero-order valence-electron chi connectivity index (χ0n) is 13.5. The van der Waals surface area contributed by atoms with E-state index >= 15 is 0 Å². The van der Waals surface area contributed by atoms with Gasteiger partial charge in [-0.1, -0.05) is 41.4 Å². The maximum atomic E-state index is 12.9. The third kappa shape index (κ3) is 2.31. The lowest BCUT2D eigenvalue weighted by molar-refractivity contribution is 0.615. The molecule has 2 aromatic carbocycles. The zero-order valence-corrected chi connectivity index (χ0v) is 14.2. The fourth-order valence-corrected chi connectivity index (χ4v) is 3.33. The normalized spacial score (nSPS) is 11.5. The molecule has 0 bridgehead atoms. The molecule has 24 heavy (non-hydrogen) atoms. The van der Waals surface area contributed by atoms with Crippen LogP contribution in [0.2, 0.25) is 5.02 Å². The van der Waals surface area contributed by atoms with Gasteiger partial charge in [-0.15, -0.1) is 0 Å². The molecular weight excluding hydrogens is 322 g/mol.